The molecule has 1 aliphatic carbocycles. The molecule has 1 saturated carbocycles. The Balaban J connectivity index is 1.82. The average molecular weight is 335 g/mol. The zero-order chi connectivity index (χ0) is 16.0. The number of pyridine rings is 2. The summed E-state index contributed by atoms with van der Waals surface area (Å²) in [4.78, 5) is 8.35. The molecule has 1 fully saturated rings. The van der Waals surface area contributed by atoms with Crippen LogP contribution in [0.5, 0.6) is 0 Å². The zero-order valence-corrected chi connectivity index (χ0v) is 12.8. The van der Waals surface area contributed by atoms with Crippen LogP contribution in [-0.2, 0) is 0 Å². The lowest BCUT2D eigenvalue weighted by Gasteiger charge is -2.27. The number of hydrogen-bond donors (Lipinski definition) is 1. The average Bonchev–Trinajstić information content (AvgIpc) is 2.87. The van der Waals surface area contributed by atoms with Gasteiger partial charge in [-0.05, 0) is 31.4 Å². The minimum atomic E-state index is -0.733. The minimum absolute atomic E-state index is 0.0444. The lowest BCUT2D eigenvalue weighted by Crippen LogP contribution is -2.28. The molecule has 0 saturated heterocycles. The van der Waals surface area contributed by atoms with E-state index in [9.17, 15) is 8.78 Å². The van der Waals surface area contributed by atoms with Crippen molar-refractivity contribution in [3.05, 3.63) is 47.2 Å². The van der Waals surface area contributed by atoms with Gasteiger partial charge in [0.05, 0.1) is 16.9 Å². The summed E-state index contributed by atoms with van der Waals surface area (Å²) in [7, 11) is 0. The SMILES string of the molecule is Fc1cc(F)c(-c2cnc3ccc(Cl)cn23)nc1NC1CCC1. The Labute approximate surface area is 136 Å². The molecular formula is C16H13ClF2N4. The Kier molecular flexibility index (Phi) is 3.41. The maximum atomic E-state index is 14.3. The van der Waals surface area contributed by atoms with E-state index in [1.165, 1.54) is 6.20 Å². The van der Waals surface area contributed by atoms with E-state index in [-0.39, 0.29) is 17.6 Å². The van der Waals surface area contributed by atoms with Crippen molar-refractivity contribution in [1.29, 1.82) is 0 Å². The number of imidazole rings is 1. The largest absolute Gasteiger partial charge is 0.365 e. The molecule has 0 aliphatic heterocycles. The summed E-state index contributed by atoms with van der Waals surface area (Å²) in [6, 6.07) is 4.48. The van der Waals surface area contributed by atoms with Crippen LogP contribution in [0.4, 0.5) is 14.6 Å². The van der Waals surface area contributed by atoms with E-state index in [2.05, 4.69) is 15.3 Å². The predicted octanol–water partition coefficient (Wildman–Crippen LogP) is 4.29. The number of fused-ring (bicyclic) bond motifs is 1. The van der Waals surface area contributed by atoms with E-state index in [0.29, 0.717) is 16.4 Å². The summed E-state index contributed by atoms with van der Waals surface area (Å²) in [6.45, 7) is 0. The maximum Gasteiger partial charge on any atom is 0.168 e. The number of nitrogens with one attached hydrogen (secondary N) is 1. The molecule has 4 nitrogen and oxygen atoms in total. The van der Waals surface area contributed by atoms with Crippen molar-refractivity contribution in [2.45, 2.75) is 25.3 Å². The third-order valence-electron chi connectivity index (χ3n) is 4.09. The van der Waals surface area contributed by atoms with Crippen LogP contribution in [0.25, 0.3) is 17.0 Å². The minimum Gasteiger partial charge on any atom is -0.365 e. The van der Waals surface area contributed by atoms with Crippen LogP contribution in [-0.4, -0.2) is 20.4 Å². The highest BCUT2D eigenvalue weighted by Gasteiger charge is 2.22. The first kappa shape index (κ1) is 14.4. The van der Waals surface area contributed by atoms with E-state index in [1.54, 1.807) is 22.7 Å². The summed E-state index contributed by atoms with van der Waals surface area (Å²) in [5, 5.41) is 3.52. The number of nitrogens with zero attached hydrogens (tertiary/aromatic N) is 3. The Morgan fingerprint density at radius 1 is 1.22 bits per heavy atom. The zero-order valence-electron chi connectivity index (χ0n) is 12.1. The number of anilines is 1. The Bertz CT molecular complexity index is 889. The van der Waals surface area contributed by atoms with Gasteiger partial charge in [-0.3, -0.25) is 4.40 Å². The highest BCUT2D eigenvalue weighted by atomic mass is 35.5. The van der Waals surface area contributed by atoms with Gasteiger partial charge in [0.15, 0.2) is 17.5 Å². The summed E-state index contributed by atoms with van der Waals surface area (Å²) >= 11 is 5.99. The first-order chi connectivity index (χ1) is 11.1. The van der Waals surface area contributed by atoms with Gasteiger partial charge in [0, 0.05) is 18.3 Å². The number of aromatic nitrogens is 3. The van der Waals surface area contributed by atoms with Gasteiger partial charge in [0.1, 0.15) is 11.3 Å². The van der Waals surface area contributed by atoms with Gasteiger partial charge < -0.3 is 5.32 Å². The topological polar surface area (TPSA) is 42.2 Å². The molecule has 1 aliphatic rings. The highest BCUT2D eigenvalue weighted by molar-refractivity contribution is 6.30. The van der Waals surface area contributed by atoms with Crippen molar-refractivity contribution in [2.24, 2.45) is 0 Å². The molecule has 0 spiro atoms. The quantitative estimate of drug-likeness (QED) is 0.777. The molecule has 0 bridgehead atoms. The van der Waals surface area contributed by atoms with Crippen LogP contribution in [0.1, 0.15) is 19.3 Å². The van der Waals surface area contributed by atoms with Crippen molar-refractivity contribution in [3.8, 4) is 11.4 Å². The molecule has 0 radical (unpaired) electrons. The van der Waals surface area contributed by atoms with Crippen LogP contribution < -0.4 is 5.32 Å². The van der Waals surface area contributed by atoms with E-state index in [1.807, 2.05) is 0 Å². The lowest BCUT2D eigenvalue weighted by atomic mass is 9.93. The van der Waals surface area contributed by atoms with Gasteiger partial charge in [-0.2, -0.15) is 0 Å². The van der Waals surface area contributed by atoms with Gasteiger partial charge >= 0.3 is 0 Å². The molecule has 118 valence electrons. The van der Waals surface area contributed by atoms with Crippen molar-refractivity contribution < 1.29 is 8.78 Å². The third-order valence-corrected chi connectivity index (χ3v) is 4.31. The fourth-order valence-electron chi connectivity index (χ4n) is 2.62. The van der Waals surface area contributed by atoms with E-state index in [0.717, 1.165) is 25.3 Å². The maximum absolute atomic E-state index is 14.3. The molecule has 4 rings (SSSR count). The van der Waals surface area contributed by atoms with Crippen LogP contribution in [0.15, 0.2) is 30.6 Å². The van der Waals surface area contributed by atoms with Gasteiger partial charge in [0.25, 0.3) is 0 Å². The monoisotopic (exact) mass is 334 g/mol. The lowest BCUT2D eigenvalue weighted by molar-refractivity contribution is 0.441. The second kappa shape index (κ2) is 5.45. The van der Waals surface area contributed by atoms with Crippen molar-refractivity contribution in [2.75, 3.05) is 5.32 Å². The first-order valence-electron chi connectivity index (χ1n) is 7.37. The Morgan fingerprint density at radius 2 is 2.04 bits per heavy atom. The molecule has 7 heteroatoms. The molecule has 0 atom stereocenters. The van der Waals surface area contributed by atoms with Gasteiger partial charge in [-0.1, -0.05) is 11.6 Å². The summed E-state index contributed by atoms with van der Waals surface area (Å²) < 4.78 is 29.9. The van der Waals surface area contributed by atoms with E-state index in [4.69, 9.17) is 11.6 Å². The van der Waals surface area contributed by atoms with Crippen LogP contribution in [0.2, 0.25) is 5.02 Å². The molecular weight excluding hydrogens is 322 g/mol. The molecule has 3 aromatic heterocycles. The van der Waals surface area contributed by atoms with Crippen molar-refractivity contribution in [1.82, 2.24) is 14.4 Å². The van der Waals surface area contributed by atoms with E-state index < -0.39 is 11.6 Å². The molecule has 0 aromatic carbocycles. The summed E-state index contributed by atoms with van der Waals surface area (Å²) in [5.41, 5.74) is 1.09. The predicted molar refractivity (Wildman–Crippen MR) is 84.6 cm³/mol. The van der Waals surface area contributed by atoms with Crippen LogP contribution >= 0.6 is 11.6 Å². The molecule has 0 unspecified atom stereocenters. The van der Waals surface area contributed by atoms with Crippen LogP contribution in [0.3, 0.4) is 0 Å². The fourth-order valence-corrected chi connectivity index (χ4v) is 2.78. The number of rotatable bonds is 3. The molecule has 3 aromatic rings. The number of hydrogen-bond acceptors (Lipinski definition) is 3. The normalized spacial score (nSPS) is 14.9. The molecule has 3 heterocycles. The molecule has 1 N–H and O–H groups in total. The smallest absolute Gasteiger partial charge is 0.168 e. The second-order valence-electron chi connectivity index (χ2n) is 5.64. The van der Waals surface area contributed by atoms with Crippen LogP contribution in [0, 0.1) is 11.6 Å². The third kappa shape index (κ3) is 2.53. The van der Waals surface area contributed by atoms with Gasteiger partial charge in [-0.25, -0.2) is 18.7 Å². The van der Waals surface area contributed by atoms with Crippen molar-refractivity contribution >= 4 is 23.1 Å². The molecule has 23 heavy (non-hydrogen) atoms. The van der Waals surface area contributed by atoms with Gasteiger partial charge in [0.2, 0.25) is 0 Å². The summed E-state index contributed by atoms with van der Waals surface area (Å²) in [6.07, 6.45) is 6.18. The van der Waals surface area contributed by atoms with E-state index >= 15 is 0 Å². The first-order valence-corrected chi connectivity index (χ1v) is 7.75. The second-order valence-corrected chi connectivity index (χ2v) is 6.08. The van der Waals surface area contributed by atoms with Gasteiger partial charge in [-0.15, -0.1) is 0 Å². The Hall–Kier alpha value is -2.21. The standard InChI is InChI=1S/C16H13ClF2N4/c17-9-4-5-14-20-7-13(23(14)8-9)15-11(18)6-12(19)16(22-15)21-10-2-1-3-10/h4-8,10H,1-3H2,(H,21,22). The Morgan fingerprint density at radius 3 is 2.78 bits per heavy atom. The fraction of sp³-hybridized carbons (Fsp3) is 0.250. The summed E-state index contributed by atoms with van der Waals surface area (Å²) in [5.74, 6) is -1.35. The van der Waals surface area contributed by atoms with Crippen molar-refractivity contribution in [3.63, 3.8) is 0 Å². The number of halogens is 3. The molecule has 0 amide bonds. The highest BCUT2D eigenvalue weighted by Crippen LogP contribution is 2.29.